The normalized spacial score (nSPS) is 19.1. The lowest BCUT2D eigenvalue weighted by atomic mass is 10.4. The Morgan fingerprint density at radius 2 is 2.23 bits per heavy atom. The summed E-state index contributed by atoms with van der Waals surface area (Å²) in [6.07, 6.45) is 1.89. The van der Waals surface area contributed by atoms with Gasteiger partial charge >= 0.3 is 0 Å². The van der Waals surface area contributed by atoms with Crippen molar-refractivity contribution in [3.05, 3.63) is 11.1 Å². The summed E-state index contributed by atoms with van der Waals surface area (Å²) in [4.78, 5) is 7.79. The van der Waals surface area contributed by atoms with E-state index in [-0.39, 0.29) is 0 Å². The molecule has 2 N–H and O–H groups in total. The first-order valence-corrected chi connectivity index (χ1v) is 6.32. The van der Waals surface area contributed by atoms with E-state index in [0.29, 0.717) is 5.13 Å². The molecule has 1 saturated heterocycles. The van der Waals surface area contributed by atoms with Crippen LogP contribution in [0.25, 0.3) is 0 Å². The molecule has 3 nitrogen and oxygen atoms in total. The first-order valence-electron chi connectivity index (χ1n) is 4.35. The van der Waals surface area contributed by atoms with Gasteiger partial charge < -0.3 is 5.73 Å². The zero-order chi connectivity index (χ0) is 9.10. The number of nitrogen functional groups attached to an aromatic ring is 1. The van der Waals surface area contributed by atoms with E-state index in [9.17, 15) is 0 Å². The van der Waals surface area contributed by atoms with E-state index in [1.807, 2.05) is 18.0 Å². The van der Waals surface area contributed by atoms with Crippen LogP contribution in [-0.4, -0.2) is 34.5 Å². The number of nitrogens with zero attached hydrogens (tertiary/aromatic N) is 2. The number of hydrogen-bond acceptors (Lipinski definition) is 5. The van der Waals surface area contributed by atoms with Crippen molar-refractivity contribution in [1.82, 2.24) is 9.88 Å². The largest absolute Gasteiger partial charge is 0.375 e. The van der Waals surface area contributed by atoms with E-state index >= 15 is 0 Å². The molecule has 1 aromatic rings. The lowest BCUT2D eigenvalue weighted by Gasteiger charge is -2.25. The highest BCUT2D eigenvalue weighted by Crippen LogP contribution is 2.18. The van der Waals surface area contributed by atoms with Crippen molar-refractivity contribution >= 4 is 28.2 Å². The molecule has 0 spiro atoms. The fourth-order valence-corrected chi connectivity index (χ4v) is 3.08. The van der Waals surface area contributed by atoms with Gasteiger partial charge in [0.25, 0.3) is 0 Å². The van der Waals surface area contributed by atoms with Gasteiger partial charge in [0.15, 0.2) is 5.13 Å². The molecule has 0 aromatic carbocycles. The molecule has 5 heteroatoms. The number of thiazole rings is 1. The maximum Gasteiger partial charge on any atom is 0.180 e. The third-order valence-corrected chi connectivity index (χ3v) is 3.81. The smallest absolute Gasteiger partial charge is 0.180 e. The van der Waals surface area contributed by atoms with E-state index in [2.05, 4.69) is 9.88 Å². The Bertz CT molecular complexity index is 268. The average molecular weight is 215 g/mol. The number of nitrogens with two attached hydrogens (primary N) is 1. The number of hydrogen-bond donors (Lipinski definition) is 1. The lowest BCUT2D eigenvalue weighted by Crippen LogP contribution is -2.31. The second kappa shape index (κ2) is 4.30. The van der Waals surface area contributed by atoms with Crippen molar-refractivity contribution < 1.29 is 0 Å². The molecule has 0 saturated carbocycles. The molecule has 1 aliphatic rings. The molecule has 0 unspecified atom stereocenters. The van der Waals surface area contributed by atoms with Crippen LogP contribution in [0.3, 0.4) is 0 Å². The second-order valence-electron chi connectivity index (χ2n) is 3.05. The molecular weight excluding hydrogens is 202 g/mol. The minimum absolute atomic E-state index is 0.682. The first-order chi connectivity index (χ1) is 6.34. The minimum atomic E-state index is 0.682. The summed E-state index contributed by atoms with van der Waals surface area (Å²) in [5.74, 6) is 2.52. The van der Waals surface area contributed by atoms with Gasteiger partial charge in [-0.1, -0.05) is 0 Å². The molecule has 0 amide bonds. The van der Waals surface area contributed by atoms with E-state index in [1.165, 1.54) is 29.5 Å². The summed E-state index contributed by atoms with van der Waals surface area (Å²) in [5, 5.41) is 0.682. The van der Waals surface area contributed by atoms with Gasteiger partial charge in [-0.25, -0.2) is 4.98 Å². The lowest BCUT2D eigenvalue weighted by molar-refractivity contribution is 0.297. The van der Waals surface area contributed by atoms with Gasteiger partial charge in [0.1, 0.15) is 0 Å². The van der Waals surface area contributed by atoms with Gasteiger partial charge in [0.2, 0.25) is 0 Å². The van der Waals surface area contributed by atoms with Crippen LogP contribution in [0.5, 0.6) is 0 Å². The van der Waals surface area contributed by atoms with Crippen LogP contribution >= 0.6 is 23.1 Å². The monoisotopic (exact) mass is 215 g/mol. The predicted octanol–water partition coefficient (Wildman–Crippen LogP) is 1.27. The van der Waals surface area contributed by atoms with Crippen molar-refractivity contribution in [2.75, 3.05) is 30.3 Å². The van der Waals surface area contributed by atoms with Crippen molar-refractivity contribution in [3.63, 3.8) is 0 Å². The maximum absolute atomic E-state index is 5.57. The van der Waals surface area contributed by atoms with E-state index in [0.717, 1.165) is 6.54 Å². The van der Waals surface area contributed by atoms with Crippen LogP contribution in [0.1, 0.15) is 4.88 Å². The van der Waals surface area contributed by atoms with Crippen molar-refractivity contribution in [1.29, 1.82) is 0 Å². The fraction of sp³-hybridized carbons (Fsp3) is 0.625. The Labute approximate surface area is 86.3 Å². The van der Waals surface area contributed by atoms with Crippen LogP contribution in [0.2, 0.25) is 0 Å². The van der Waals surface area contributed by atoms with Gasteiger partial charge in [0, 0.05) is 42.2 Å². The zero-order valence-electron chi connectivity index (χ0n) is 7.40. The Balaban J connectivity index is 1.89. The zero-order valence-corrected chi connectivity index (χ0v) is 9.03. The molecule has 2 rings (SSSR count). The highest BCUT2D eigenvalue weighted by atomic mass is 32.2. The molecule has 0 atom stereocenters. The summed E-state index contributed by atoms with van der Waals surface area (Å²) in [6.45, 7) is 3.42. The summed E-state index contributed by atoms with van der Waals surface area (Å²) >= 11 is 3.64. The number of rotatable bonds is 2. The molecule has 0 radical (unpaired) electrons. The number of anilines is 1. The van der Waals surface area contributed by atoms with Crippen LogP contribution in [-0.2, 0) is 6.54 Å². The van der Waals surface area contributed by atoms with E-state index in [4.69, 9.17) is 5.73 Å². The Kier molecular flexibility index (Phi) is 3.08. The third kappa shape index (κ3) is 2.59. The highest BCUT2D eigenvalue weighted by molar-refractivity contribution is 7.99. The summed E-state index contributed by atoms with van der Waals surface area (Å²) in [5.41, 5.74) is 5.57. The molecule has 2 heterocycles. The SMILES string of the molecule is Nc1ncc(CN2CCSCC2)s1. The summed E-state index contributed by atoms with van der Waals surface area (Å²) in [7, 11) is 0. The van der Waals surface area contributed by atoms with Crippen LogP contribution in [0.15, 0.2) is 6.20 Å². The molecular formula is C8H13N3S2. The van der Waals surface area contributed by atoms with Gasteiger partial charge in [-0.3, -0.25) is 4.90 Å². The van der Waals surface area contributed by atoms with Gasteiger partial charge in [-0.15, -0.1) is 11.3 Å². The topological polar surface area (TPSA) is 42.1 Å². The maximum atomic E-state index is 5.57. The molecule has 1 aliphatic heterocycles. The quantitative estimate of drug-likeness (QED) is 0.807. The highest BCUT2D eigenvalue weighted by Gasteiger charge is 2.11. The molecule has 1 fully saturated rings. The Morgan fingerprint density at radius 1 is 1.46 bits per heavy atom. The molecule has 72 valence electrons. The first kappa shape index (κ1) is 9.30. The van der Waals surface area contributed by atoms with Crippen LogP contribution < -0.4 is 5.73 Å². The minimum Gasteiger partial charge on any atom is -0.375 e. The number of aromatic nitrogens is 1. The van der Waals surface area contributed by atoms with Gasteiger partial charge in [-0.05, 0) is 0 Å². The Morgan fingerprint density at radius 3 is 2.85 bits per heavy atom. The molecule has 13 heavy (non-hydrogen) atoms. The van der Waals surface area contributed by atoms with Crippen LogP contribution in [0, 0.1) is 0 Å². The predicted molar refractivity (Wildman–Crippen MR) is 59.1 cm³/mol. The average Bonchev–Trinajstić information content (AvgIpc) is 2.53. The summed E-state index contributed by atoms with van der Waals surface area (Å²) in [6, 6.07) is 0. The second-order valence-corrected chi connectivity index (χ2v) is 5.42. The van der Waals surface area contributed by atoms with E-state index < -0.39 is 0 Å². The fourth-order valence-electron chi connectivity index (χ4n) is 1.38. The van der Waals surface area contributed by atoms with Crippen molar-refractivity contribution in [3.8, 4) is 0 Å². The van der Waals surface area contributed by atoms with Crippen molar-refractivity contribution in [2.24, 2.45) is 0 Å². The Hall–Kier alpha value is -0.260. The summed E-state index contributed by atoms with van der Waals surface area (Å²) < 4.78 is 0. The standard InChI is InChI=1S/C8H13N3S2/c9-8-10-5-7(13-8)6-11-1-3-12-4-2-11/h5H,1-4,6H2,(H2,9,10). The molecule has 0 aliphatic carbocycles. The van der Waals surface area contributed by atoms with Crippen LogP contribution in [0.4, 0.5) is 5.13 Å². The molecule has 0 bridgehead atoms. The third-order valence-electron chi connectivity index (χ3n) is 2.05. The number of thioether (sulfide) groups is 1. The van der Waals surface area contributed by atoms with Crippen molar-refractivity contribution in [2.45, 2.75) is 6.54 Å². The van der Waals surface area contributed by atoms with Gasteiger partial charge in [-0.2, -0.15) is 11.8 Å². The molecule has 1 aromatic heterocycles. The van der Waals surface area contributed by atoms with Gasteiger partial charge in [0.05, 0.1) is 0 Å². The van der Waals surface area contributed by atoms with E-state index in [1.54, 1.807) is 11.3 Å².